The van der Waals surface area contributed by atoms with Crippen LogP contribution in [0.1, 0.15) is 18.1 Å². The molecule has 0 spiro atoms. The average molecular weight is 493 g/mol. The fraction of sp³-hybridized carbons (Fsp3) is 0.200. The largest absolute Gasteiger partial charge is 0.463 e. The van der Waals surface area contributed by atoms with Gasteiger partial charge in [-0.05, 0) is 30.0 Å². The molecule has 0 saturated heterocycles. The van der Waals surface area contributed by atoms with Crippen LogP contribution in [0.5, 0.6) is 0 Å². The summed E-state index contributed by atoms with van der Waals surface area (Å²) in [6.07, 6.45) is 4.82. The van der Waals surface area contributed by atoms with Crippen molar-refractivity contribution in [2.75, 3.05) is 19.8 Å². The molecule has 0 atom stereocenters. The molecule has 3 heterocycles. The van der Waals surface area contributed by atoms with Gasteiger partial charge in [-0.25, -0.2) is 14.4 Å². The number of rotatable bonds is 9. The zero-order valence-corrected chi connectivity index (χ0v) is 19.8. The number of ether oxygens (including phenoxy) is 2. The molecule has 0 unspecified atom stereocenters. The van der Waals surface area contributed by atoms with E-state index in [0.717, 1.165) is 21.7 Å². The third-order valence-corrected chi connectivity index (χ3v) is 5.94. The van der Waals surface area contributed by atoms with E-state index >= 15 is 0 Å². The third-order valence-electron chi connectivity index (χ3n) is 5.07. The lowest BCUT2D eigenvalue weighted by molar-refractivity contribution is -0.140. The van der Waals surface area contributed by atoms with Gasteiger partial charge in [-0.1, -0.05) is 36.4 Å². The Bertz CT molecular complexity index is 1260. The van der Waals surface area contributed by atoms with Crippen LogP contribution in [0.3, 0.4) is 0 Å². The van der Waals surface area contributed by atoms with E-state index < -0.39 is 18.0 Å². The summed E-state index contributed by atoms with van der Waals surface area (Å²) in [5.41, 5.74) is 3.05. The number of esters is 2. The predicted octanol–water partition coefficient (Wildman–Crippen LogP) is 3.35. The first-order chi connectivity index (χ1) is 17.0. The number of hydrogen-bond donors (Lipinski definition) is 2. The van der Waals surface area contributed by atoms with Crippen molar-refractivity contribution < 1.29 is 23.9 Å². The number of nitrogens with one attached hydrogen (secondary N) is 2. The second-order valence-electron chi connectivity index (χ2n) is 7.52. The molecule has 0 fully saturated rings. The molecular formula is C25H24N4O5S. The minimum atomic E-state index is -0.624. The van der Waals surface area contributed by atoms with Crippen molar-refractivity contribution in [2.24, 2.45) is 0 Å². The van der Waals surface area contributed by atoms with Crippen LogP contribution in [-0.2, 0) is 25.6 Å². The van der Waals surface area contributed by atoms with Gasteiger partial charge in [-0.15, -0.1) is 11.3 Å². The minimum Gasteiger partial charge on any atom is -0.463 e. The van der Waals surface area contributed by atoms with Crippen LogP contribution in [0.15, 0.2) is 71.4 Å². The van der Waals surface area contributed by atoms with Crippen LogP contribution in [0.2, 0.25) is 0 Å². The maximum absolute atomic E-state index is 12.4. The highest BCUT2D eigenvalue weighted by molar-refractivity contribution is 7.13. The number of carbonyl (C=O) groups excluding carboxylic acids is 3. The second kappa shape index (κ2) is 11.3. The summed E-state index contributed by atoms with van der Waals surface area (Å²) in [6, 6.07) is 13.4. The highest BCUT2D eigenvalue weighted by atomic mass is 32.1. The quantitative estimate of drug-likeness (QED) is 0.350. The molecule has 35 heavy (non-hydrogen) atoms. The molecule has 2 N–H and O–H groups in total. The molecule has 2 aromatic heterocycles. The molecule has 4 rings (SSSR count). The topological polar surface area (TPSA) is 112 Å². The number of thiophene rings is 1. The van der Waals surface area contributed by atoms with Gasteiger partial charge in [0.05, 0.1) is 35.8 Å². The minimum absolute atomic E-state index is 0.00182. The maximum atomic E-state index is 12.4. The summed E-state index contributed by atoms with van der Waals surface area (Å²) < 4.78 is 12.1. The fourth-order valence-corrected chi connectivity index (χ4v) is 4.16. The number of nitrogens with zero attached hydrogens (tertiary/aromatic N) is 2. The number of hydrogen-bond acceptors (Lipinski definition) is 7. The summed E-state index contributed by atoms with van der Waals surface area (Å²) >= 11 is 1.56. The molecule has 180 valence electrons. The lowest BCUT2D eigenvalue weighted by Gasteiger charge is -2.20. The molecule has 1 aromatic carbocycles. The summed E-state index contributed by atoms with van der Waals surface area (Å²) in [5.74, 6) is -1.20. The van der Waals surface area contributed by atoms with Crippen molar-refractivity contribution >= 4 is 35.4 Å². The van der Waals surface area contributed by atoms with Crippen molar-refractivity contribution in [3.05, 3.63) is 82.5 Å². The van der Waals surface area contributed by atoms with Gasteiger partial charge in [0, 0.05) is 17.8 Å². The van der Waals surface area contributed by atoms with Gasteiger partial charge in [0.15, 0.2) is 0 Å². The lowest BCUT2D eigenvalue weighted by atomic mass is 10.1. The Balaban J connectivity index is 1.48. The van der Waals surface area contributed by atoms with Crippen molar-refractivity contribution in [3.8, 4) is 10.6 Å². The van der Waals surface area contributed by atoms with Crippen molar-refractivity contribution in [1.29, 1.82) is 0 Å². The normalized spacial score (nSPS) is 13.5. The Kier molecular flexibility index (Phi) is 7.74. The molecule has 0 bridgehead atoms. The van der Waals surface area contributed by atoms with Crippen molar-refractivity contribution in [1.82, 2.24) is 20.4 Å². The first kappa shape index (κ1) is 24.0. The number of benzene rings is 1. The molecule has 0 aliphatic carbocycles. The van der Waals surface area contributed by atoms with Crippen LogP contribution in [0.4, 0.5) is 4.79 Å². The van der Waals surface area contributed by atoms with E-state index in [1.165, 1.54) is 6.08 Å². The Morgan fingerprint density at radius 1 is 1.17 bits per heavy atom. The van der Waals surface area contributed by atoms with Gasteiger partial charge < -0.3 is 20.1 Å². The number of aromatic nitrogens is 2. The van der Waals surface area contributed by atoms with E-state index in [9.17, 15) is 14.4 Å². The van der Waals surface area contributed by atoms with Crippen LogP contribution in [-0.4, -0.2) is 47.5 Å². The van der Waals surface area contributed by atoms with E-state index in [0.29, 0.717) is 6.54 Å². The highest BCUT2D eigenvalue weighted by Gasteiger charge is 2.24. The van der Waals surface area contributed by atoms with E-state index in [4.69, 9.17) is 14.6 Å². The molecule has 2 amide bonds. The monoisotopic (exact) mass is 492 g/mol. The second-order valence-corrected chi connectivity index (χ2v) is 8.47. The first-order valence-corrected chi connectivity index (χ1v) is 11.9. The first-order valence-electron chi connectivity index (χ1n) is 11.0. The van der Waals surface area contributed by atoms with Crippen LogP contribution in [0, 0.1) is 0 Å². The molecule has 1 aliphatic rings. The van der Waals surface area contributed by atoms with E-state index in [2.05, 4.69) is 10.6 Å². The Labute approximate surface area is 206 Å². The molecule has 3 aromatic rings. The molecule has 10 heteroatoms. The molecule has 1 aliphatic heterocycles. The molecule has 0 radical (unpaired) electrons. The van der Waals surface area contributed by atoms with Gasteiger partial charge in [-0.2, -0.15) is 5.10 Å². The zero-order chi connectivity index (χ0) is 24.6. The maximum Gasteiger partial charge on any atom is 0.337 e. The predicted molar refractivity (Wildman–Crippen MR) is 131 cm³/mol. The van der Waals surface area contributed by atoms with Gasteiger partial charge >= 0.3 is 18.0 Å². The van der Waals surface area contributed by atoms with Crippen LogP contribution < -0.4 is 10.6 Å². The van der Waals surface area contributed by atoms with E-state index in [1.807, 2.05) is 58.7 Å². The van der Waals surface area contributed by atoms with Gasteiger partial charge in [-0.3, -0.25) is 4.68 Å². The number of carbonyl (C=O) groups is 3. The Morgan fingerprint density at radius 2 is 2.00 bits per heavy atom. The lowest BCUT2D eigenvalue weighted by Crippen LogP contribution is -2.45. The Hall–Kier alpha value is -4.18. The summed E-state index contributed by atoms with van der Waals surface area (Å²) in [6.45, 7) is 2.20. The van der Waals surface area contributed by atoms with Gasteiger partial charge in [0.2, 0.25) is 0 Å². The average Bonchev–Trinajstić information content (AvgIpc) is 3.52. The summed E-state index contributed by atoms with van der Waals surface area (Å²) in [7, 11) is 0. The number of amides is 2. The molecular weight excluding hydrogens is 468 g/mol. The number of urea groups is 1. The molecule has 0 saturated carbocycles. The van der Waals surface area contributed by atoms with E-state index in [-0.39, 0.29) is 31.0 Å². The SMILES string of the molecule is CCOC(=O)C1=C(COC(=O)/C=C/c2cn(Cc3ccccc3)nc2-c2cccs2)NC(=O)NC1. The zero-order valence-electron chi connectivity index (χ0n) is 19.0. The third kappa shape index (κ3) is 6.24. The molecule has 9 nitrogen and oxygen atoms in total. The smallest absolute Gasteiger partial charge is 0.337 e. The summed E-state index contributed by atoms with van der Waals surface area (Å²) in [4.78, 5) is 37.2. The van der Waals surface area contributed by atoms with Crippen molar-refractivity contribution in [3.63, 3.8) is 0 Å². The fourth-order valence-electron chi connectivity index (χ4n) is 3.43. The summed E-state index contributed by atoms with van der Waals surface area (Å²) in [5, 5.41) is 11.7. The van der Waals surface area contributed by atoms with Gasteiger partial charge in [0.25, 0.3) is 0 Å². The highest BCUT2D eigenvalue weighted by Crippen LogP contribution is 2.28. The Morgan fingerprint density at radius 3 is 2.74 bits per heavy atom. The van der Waals surface area contributed by atoms with Crippen molar-refractivity contribution in [2.45, 2.75) is 13.5 Å². The van der Waals surface area contributed by atoms with Crippen LogP contribution >= 0.6 is 11.3 Å². The van der Waals surface area contributed by atoms with Gasteiger partial charge in [0.1, 0.15) is 12.3 Å². The van der Waals surface area contributed by atoms with Crippen LogP contribution in [0.25, 0.3) is 16.6 Å². The standard InChI is InChI=1S/C25H24N4O5S/c1-2-33-24(31)19-13-26-25(32)27-20(19)16-34-22(30)11-10-18-15-29(14-17-7-4-3-5-8-17)28-23(18)21-9-6-12-35-21/h3-12,15H,2,13-14,16H2,1H3,(H2,26,27,32)/b11-10+. The van der Waals surface area contributed by atoms with E-state index in [1.54, 1.807) is 24.3 Å².